The van der Waals surface area contributed by atoms with Gasteiger partial charge in [-0.05, 0) is 54.8 Å². The van der Waals surface area contributed by atoms with Crippen molar-refractivity contribution in [2.45, 2.75) is 19.4 Å². The number of nitrogens with one attached hydrogen (secondary N) is 1. The van der Waals surface area contributed by atoms with E-state index in [4.69, 9.17) is 28.9 Å². The zero-order valence-corrected chi connectivity index (χ0v) is 17.4. The van der Waals surface area contributed by atoms with Gasteiger partial charge in [-0.3, -0.25) is 14.5 Å². The molecule has 1 aliphatic rings. The van der Waals surface area contributed by atoms with Crippen LogP contribution < -0.4 is 11.1 Å². The Bertz CT molecular complexity index is 930. The number of amides is 2. The molecule has 1 heterocycles. The van der Waals surface area contributed by atoms with Crippen LogP contribution in [0.4, 0.5) is 5.69 Å². The van der Waals surface area contributed by atoms with Crippen molar-refractivity contribution < 1.29 is 9.59 Å². The molecule has 0 saturated carbocycles. The molecule has 1 saturated heterocycles. The van der Waals surface area contributed by atoms with E-state index in [1.54, 1.807) is 24.3 Å². The number of carbonyl (C=O) groups is 2. The van der Waals surface area contributed by atoms with Crippen LogP contribution in [-0.2, 0) is 16.1 Å². The van der Waals surface area contributed by atoms with E-state index in [1.807, 2.05) is 24.3 Å². The lowest BCUT2D eigenvalue weighted by atomic mass is 9.97. The average Bonchev–Trinajstić information content (AvgIpc) is 2.70. The van der Waals surface area contributed by atoms with Gasteiger partial charge in [-0.15, -0.1) is 0 Å². The van der Waals surface area contributed by atoms with Crippen molar-refractivity contribution in [3.05, 3.63) is 69.7 Å². The van der Waals surface area contributed by atoms with Crippen LogP contribution in [0.3, 0.4) is 0 Å². The predicted octanol–water partition coefficient (Wildman–Crippen LogP) is 4.34. The van der Waals surface area contributed by atoms with Crippen molar-refractivity contribution in [1.29, 1.82) is 0 Å². The SMILES string of the molecule is NC(=O)C1CCCN(Cc2ccccc2NC(=O)/C=C/c2ccc(Cl)c(Cl)c2)C1. The minimum Gasteiger partial charge on any atom is -0.369 e. The fourth-order valence-corrected chi connectivity index (χ4v) is 3.72. The van der Waals surface area contributed by atoms with Gasteiger partial charge in [-0.1, -0.05) is 47.5 Å². The minimum absolute atomic E-state index is 0.111. The molecular weight excluding hydrogens is 409 g/mol. The topological polar surface area (TPSA) is 75.4 Å². The van der Waals surface area contributed by atoms with E-state index in [-0.39, 0.29) is 17.7 Å². The summed E-state index contributed by atoms with van der Waals surface area (Å²) in [4.78, 5) is 26.1. The standard InChI is InChI=1S/C22H23Cl2N3O2/c23-18-9-7-15(12-19(18)24)8-10-21(28)26-20-6-2-1-4-16(20)13-27-11-3-5-17(14-27)22(25)29/h1-2,4,6-10,12,17H,3,5,11,13-14H2,(H2,25,29)(H,26,28)/b10-8+. The zero-order chi connectivity index (χ0) is 20.8. The molecule has 1 unspecified atom stereocenters. The van der Waals surface area contributed by atoms with E-state index < -0.39 is 0 Å². The monoisotopic (exact) mass is 431 g/mol. The predicted molar refractivity (Wildman–Crippen MR) is 118 cm³/mol. The summed E-state index contributed by atoms with van der Waals surface area (Å²) in [5, 5.41) is 3.84. The Morgan fingerprint density at radius 3 is 2.72 bits per heavy atom. The second-order valence-corrected chi connectivity index (χ2v) is 7.94. The van der Waals surface area contributed by atoms with Crippen LogP contribution in [0.5, 0.6) is 0 Å². The van der Waals surface area contributed by atoms with Gasteiger partial charge >= 0.3 is 0 Å². The molecule has 1 atom stereocenters. The number of primary amides is 1. The molecule has 1 aliphatic heterocycles. The average molecular weight is 432 g/mol. The number of benzene rings is 2. The Morgan fingerprint density at radius 1 is 1.17 bits per heavy atom. The van der Waals surface area contributed by atoms with Crippen LogP contribution >= 0.6 is 23.2 Å². The summed E-state index contributed by atoms with van der Waals surface area (Å²) in [6.07, 6.45) is 4.92. The van der Waals surface area contributed by atoms with Gasteiger partial charge in [-0.2, -0.15) is 0 Å². The van der Waals surface area contributed by atoms with Gasteiger partial charge in [0, 0.05) is 24.9 Å². The second-order valence-electron chi connectivity index (χ2n) is 7.13. The van der Waals surface area contributed by atoms with E-state index in [0.29, 0.717) is 23.1 Å². The molecule has 0 aromatic heterocycles. The highest BCUT2D eigenvalue weighted by Gasteiger charge is 2.24. The molecule has 0 bridgehead atoms. The molecule has 3 rings (SSSR count). The first-order valence-electron chi connectivity index (χ1n) is 9.46. The van der Waals surface area contributed by atoms with Crippen molar-refractivity contribution in [3.63, 3.8) is 0 Å². The zero-order valence-electron chi connectivity index (χ0n) is 15.9. The fraction of sp³-hybridized carbons (Fsp3) is 0.273. The molecule has 7 heteroatoms. The lowest BCUT2D eigenvalue weighted by Crippen LogP contribution is -2.40. The van der Waals surface area contributed by atoms with Gasteiger partial charge in [0.25, 0.3) is 0 Å². The third kappa shape index (κ3) is 6.07. The number of likely N-dealkylation sites (tertiary alicyclic amines) is 1. The first-order chi connectivity index (χ1) is 13.9. The first-order valence-corrected chi connectivity index (χ1v) is 10.2. The van der Waals surface area contributed by atoms with Gasteiger partial charge in [0.2, 0.25) is 11.8 Å². The molecular formula is C22H23Cl2N3O2. The maximum absolute atomic E-state index is 12.4. The van der Waals surface area contributed by atoms with Crippen LogP contribution in [0, 0.1) is 5.92 Å². The van der Waals surface area contributed by atoms with E-state index in [1.165, 1.54) is 6.08 Å². The Morgan fingerprint density at radius 2 is 1.97 bits per heavy atom. The molecule has 5 nitrogen and oxygen atoms in total. The fourth-order valence-electron chi connectivity index (χ4n) is 3.41. The summed E-state index contributed by atoms with van der Waals surface area (Å²) in [5.41, 5.74) is 8.00. The van der Waals surface area contributed by atoms with E-state index in [2.05, 4.69) is 10.2 Å². The maximum atomic E-state index is 12.4. The van der Waals surface area contributed by atoms with Crippen LogP contribution in [0.1, 0.15) is 24.0 Å². The van der Waals surface area contributed by atoms with Crippen molar-refractivity contribution in [1.82, 2.24) is 4.90 Å². The molecule has 0 aliphatic carbocycles. The van der Waals surface area contributed by atoms with Crippen LogP contribution in [0.2, 0.25) is 10.0 Å². The molecule has 152 valence electrons. The molecule has 1 fully saturated rings. The number of anilines is 1. The van der Waals surface area contributed by atoms with Crippen molar-refractivity contribution in [2.75, 3.05) is 18.4 Å². The quantitative estimate of drug-likeness (QED) is 0.667. The van der Waals surface area contributed by atoms with E-state index >= 15 is 0 Å². The van der Waals surface area contributed by atoms with Gasteiger partial charge < -0.3 is 11.1 Å². The van der Waals surface area contributed by atoms with Gasteiger partial charge in [0.05, 0.1) is 16.0 Å². The summed E-state index contributed by atoms with van der Waals surface area (Å²) in [5.74, 6) is -0.597. The van der Waals surface area contributed by atoms with Gasteiger partial charge in [0.1, 0.15) is 0 Å². The van der Waals surface area contributed by atoms with Crippen molar-refractivity contribution in [3.8, 4) is 0 Å². The molecule has 3 N–H and O–H groups in total. The smallest absolute Gasteiger partial charge is 0.248 e. The number of hydrogen-bond acceptors (Lipinski definition) is 3. The molecule has 2 aromatic rings. The Labute approximate surface area is 180 Å². The van der Waals surface area contributed by atoms with E-state index in [9.17, 15) is 9.59 Å². The summed E-state index contributed by atoms with van der Waals surface area (Å²) in [6, 6.07) is 12.8. The number of carbonyl (C=O) groups excluding carboxylic acids is 2. The molecule has 0 radical (unpaired) electrons. The number of piperidine rings is 1. The first kappa shape index (κ1) is 21.4. The number of rotatable bonds is 6. The molecule has 2 aromatic carbocycles. The van der Waals surface area contributed by atoms with Crippen LogP contribution in [0.25, 0.3) is 6.08 Å². The number of nitrogens with two attached hydrogens (primary N) is 1. The summed E-state index contributed by atoms with van der Waals surface area (Å²) >= 11 is 11.9. The normalized spacial score (nSPS) is 17.4. The van der Waals surface area contributed by atoms with Gasteiger partial charge in [-0.25, -0.2) is 0 Å². The number of halogens is 2. The highest BCUT2D eigenvalue weighted by Crippen LogP contribution is 2.24. The highest BCUT2D eigenvalue weighted by atomic mass is 35.5. The highest BCUT2D eigenvalue weighted by molar-refractivity contribution is 6.42. The van der Waals surface area contributed by atoms with Crippen molar-refractivity contribution >= 4 is 46.8 Å². The molecule has 2 amide bonds. The van der Waals surface area contributed by atoms with Gasteiger partial charge in [0.15, 0.2) is 0 Å². The Hall–Kier alpha value is -2.34. The lowest BCUT2D eigenvalue weighted by molar-refractivity contribution is -0.123. The second kappa shape index (κ2) is 9.92. The third-order valence-corrected chi connectivity index (χ3v) is 5.69. The Kier molecular flexibility index (Phi) is 7.31. The minimum atomic E-state index is -0.247. The maximum Gasteiger partial charge on any atom is 0.248 e. The summed E-state index contributed by atoms with van der Waals surface area (Å²) < 4.78 is 0. The Balaban J connectivity index is 1.65. The summed E-state index contributed by atoms with van der Waals surface area (Å²) in [7, 11) is 0. The molecule has 29 heavy (non-hydrogen) atoms. The number of nitrogens with zero attached hydrogens (tertiary/aromatic N) is 1. The lowest BCUT2D eigenvalue weighted by Gasteiger charge is -2.31. The number of para-hydroxylation sites is 1. The third-order valence-electron chi connectivity index (χ3n) is 4.95. The molecule has 0 spiro atoms. The van der Waals surface area contributed by atoms with Crippen LogP contribution in [-0.4, -0.2) is 29.8 Å². The van der Waals surface area contributed by atoms with Crippen molar-refractivity contribution in [2.24, 2.45) is 11.7 Å². The van der Waals surface area contributed by atoms with E-state index in [0.717, 1.165) is 36.2 Å². The number of hydrogen-bond donors (Lipinski definition) is 2. The summed E-state index contributed by atoms with van der Waals surface area (Å²) in [6.45, 7) is 2.20. The van der Waals surface area contributed by atoms with Crippen LogP contribution in [0.15, 0.2) is 48.5 Å². The largest absolute Gasteiger partial charge is 0.369 e.